The topological polar surface area (TPSA) is 29.5 Å². The summed E-state index contributed by atoms with van der Waals surface area (Å²) in [4.78, 5) is 12.5. The summed E-state index contributed by atoms with van der Waals surface area (Å²) in [5.74, 6) is -0.401. The monoisotopic (exact) mass is 221 g/mol. The molecule has 0 aliphatic carbocycles. The van der Waals surface area contributed by atoms with E-state index in [1.54, 1.807) is 4.90 Å². The minimum Gasteiger partial charge on any atom is -0.469 e. The Morgan fingerprint density at radius 2 is 2.40 bits per heavy atom. The van der Waals surface area contributed by atoms with Crippen LogP contribution in [0.3, 0.4) is 0 Å². The van der Waals surface area contributed by atoms with E-state index >= 15 is 0 Å². The van der Waals surface area contributed by atoms with Crippen molar-refractivity contribution in [3.8, 4) is 0 Å². The summed E-state index contributed by atoms with van der Waals surface area (Å²) in [6.07, 6.45) is -1.17. The van der Waals surface area contributed by atoms with Crippen LogP contribution in [0.2, 0.25) is 0 Å². The van der Waals surface area contributed by atoms with Gasteiger partial charge >= 0.3 is 5.97 Å². The predicted molar refractivity (Wildman–Crippen MR) is 52.1 cm³/mol. The first-order valence-electron chi connectivity index (χ1n) is 5.19. The van der Waals surface area contributed by atoms with Gasteiger partial charge in [-0.3, -0.25) is 9.69 Å². The lowest BCUT2D eigenvalue weighted by Gasteiger charge is -2.17. The van der Waals surface area contributed by atoms with Gasteiger partial charge in [-0.05, 0) is 12.8 Å². The molecule has 0 N–H and O–H groups in total. The van der Waals surface area contributed by atoms with Gasteiger partial charge in [0.1, 0.15) is 12.3 Å². The first-order valence-corrected chi connectivity index (χ1v) is 5.19. The van der Waals surface area contributed by atoms with Gasteiger partial charge in [0.05, 0.1) is 7.11 Å². The van der Waals surface area contributed by atoms with E-state index in [-0.39, 0.29) is 19.4 Å². The second-order valence-corrected chi connectivity index (χ2v) is 3.86. The molecule has 0 radical (unpaired) electrons. The van der Waals surface area contributed by atoms with Crippen molar-refractivity contribution in [1.29, 1.82) is 0 Å². The Morgan fingerprint density at radius 1 is 1.67 bits per heavy atom. The molecule has 5 heteroatoms. The quantitative estimate of drug-likeness (QED) is 0.656. The van der Waals surface area contributed by atoms with E-state index in [2.05, 4.69) is 4.74 Å². The molecule has 0 amide bonds. The molecule has 1 unspecified atom stereocenters. The molecular weight excluding hydrogens is 204 g/mol. The Balaban J connectivity index is 2.13. The highest BCUT2D eigenvalue weighted by Crippen LogP contribution is 2.14. The molecule has 88 valence electrons. The molecule has 0 aromatic carbocycles. The van der Waals surface area contributed by atoms with Crippen LogP contribution in [-0.2, 0) is 9.53 Å². The number of ether oxygens (including phenoxy) is 1. The third-order valence-corrected chi connectivity index (χ3v) is 2.56. The van der Waals surface area contributed by atoms with Crippen LogP contribution >= 0.6 is 0 Å². The maximum absolute atomic E-state index is 13.3. The molecule has 3 nitrogen and oxygen atoms in total. The maximum Gasteiger partial charge on any atom is 0.305 e. The molecule has 1 heterocycles. The van der Waals surface area contributed by atoms with Gasteiger partial charge in [-0.15, -0.1) is 0 Å². The number of hydrogen-bond acceptors (Lipinski definition) is 3. The highest BCUT2D eigenvalue weighted by molar-refractivity contribution is 5.69. The summed E-state index contributed by atoms with van der Waals surface area (Å²) in [6.45, 7) is 1.15. The average molecular weight is 221 g/mol. The molecule has 2 atom stereocenters. The maximum atomic E-state index is 13.3. The van der Waals surface area contributed by atoms with Crippen molar-refractivity contribution in [3.05, 3.63) is 0 Å². The Hall–Kier alpha value is -0.710. The zero-order valence-electron chi connectivity index (χ0n) is 8.92. The summed E-state index contributed by atoms with van der Waals surface area (Å²) in [7, 11) is 1.28. The number of rotatable bonds is 5. The number of carbonyl (C=O) groups is 1. The van der Waals surface area contributed by atoms with Crippen LogP contribution in [-0.4, -0.2) is 50.0 Å². The molecular formula is C10H17F2NO2. The highest BCUT2D eigenvalue weighted by Gasteiger charge is 2.24. The van der Waals surface area contributed by atoms with Crippen LogP contribution in [0.25, 0.3) is 0 Å². The number of methoxy groups -OCH3 is 1. The fraction of sp³-hybridized carbons (Fsp3) is 0.900. The molecule has 1 fully saturated rings. The van der Waals surface area contributed by atoms with Crippen molar-refractivity contribution in [1.82, 2.24) is 4.90 Å². The second kappa shape index (κ2) is 6.00. The second-order valence-electron chi connectivity index (χ2n) is 3.86. The van der Waals surface area contributed by atoms with Gasteiger partial charge in [-0.2, -0.15) is 0 Å². The molecule has 1 aliphatic rings. The molecule has 15 heavy (non-hydrogen) atoms. The molecule has 0 spiro atoms. The lowest BCUT2D eigenvalue weighted by Crippen LogP contribution is -2.29. The van der Waals surface area contributed by atoms with Gasteiger partial charge < -0.3 is 4.74 Å². The number of carbonyl (C=O) groups excluding carboxylic acids is 1. The molecule has 0 aromatic rings. The van der Waals surface area contributed by atoms with E-state index in [4.69, 9.17) is 0 Å². The van der Waals surface area contributed by atoms with Crippen molar-refractivity contribution < 1.29 is 18.3 Å². The zero-order chi connectivity index (χ0) is 11.3. The molecule has 0 aromatic heterocycles. The molecule has 0 saturated carbocycles. The van der Waals surface area contributed by atoms with Crippen LogP contribution < -0.4 is 0 Å². The van der Waals surface area contributed by atoms with Gasteiger partial charge in [0, 0.05) is 26.1 Å². The van der Waals surface area contributed by atoms with E-state index in [0.29, 0.717) is 19.5 Å². The fourth-order valence-electron chi connectivity index (χ4n) is 1.70. The summed E-state index contributed by atoms with van der Waals surface area (Å²) in [5, 5.41) is 0. The number of esters is 1. The normalized spacial score (nSPS) is 24.1. The van der Waals surface area contributed by atoms with Gasteiger partial charge in [0.2, 0.25) is 0 Å². The first-order chi connectivity index (χ1) is 7.11. The van der Waals surface area contributed by atoms with Gasteiger partial charge in [0.25, 0.3) is 0 Å². The fourth-order valence-corrected chi connectivity index (χ4v) is 1.70. The van der Waals surface area contributed by atoms with Crippen LogP contribution in [0.15, 0.2) is 0 Å². The minimum atomic E-state index is -1.07. The number of likely N-dealkylation sites (tertiary alicyclic amines) is 1. The number of alkyl halides is 2. The highest BCUT2D eigenvalue weighted by atomic mass is 19.1. The van der Waals surface area contributed by atoms with Crippen LogP contribution in [0.5, 0.6) is 0 Å². The molecule has 1 saturated heterocycles. The summed E-state index contributed by atoms with van der Waals surface area (Å²) >= 11 is 0. The Kier molecular flexibility index (Phi) is 4.94. The molecule has 1 rings (SSSR count). The first kappa shape index (κ1) is 12.4. The number of hydrogen-bond donors (Lipinski definition) is 0. The van der Waals surface area contributed by atoms with Crippen LogP contribution in [0.1, 0.15) is 19.3 Å². The largest absolute Gasteiger partial charge is 0.469 e. The Bertz CT molecular complexity index is 214. The minimum absolute atomic E-state index is 0.0879. The van der Waals surface area contributed by atoms with Crippen molar-refractivity contribution >= 4 is 5.97 Å². The summed E-state index contributed by atoms with van der Waals surface area (Å²) in [6, 6.07) is 0. The Morgan fingerprint density at radius 3 is 2.93 bits per heavy atom. The third-order valence-electron chi connectivity index (χ3n) is 2.56. The standard InChI is InChI=1S/C10H17F2NO2/c1-15-10(14)3-2-8(11)6-13-5-4-9(12)7-13/h8-9H,2-7H2,1H3/t8?,9-/m1/s1. The lowest BCUT2D eigenvalue weighted by molar-refractivity contribution is -0.141. The third kappa shape index (κ3) is 4.55. The van der Waals surface area contributed by atoms with E-state index in [9.17, 15) is 13.6 Å². The van der Waals surface area contributed by atoms with Crippen LogP contribution in [0.4, 0.5) is 8.78 Å². The zero-order valence-corrected chi connectivity index (χ0v) is 8.92. The molecule has 0 bridgehead atoms. The summed E-state index contributed by atoms with van der Waals surface area (Å²) < 4.78 is 30.5. The van der Waals surface area contributed by atoms with Crippen molar-refractivity contribution in [2.75, 3.05) is 26.7 Å². The van der Waals surface area contributed by atoms with E-state index < -0.39 is 18.3 Å². The van der Waals surface area contributed by atoms with E-state index in [1.165, 1.54) is 7.11 Å². The van der Waals surface area contributed by atoms with Gasteiger partial charge in [-0.25, -0.2) is 8.78 Å². The van der Waals surface area contributed by atoms with Gasteiger partial charge in [-0.1, -0.05) is 0 Å². The van der Waals surface area contributed by atoms with E-state index in [0.717, 1.165) is 0 Å². The van der Waals surface area contributed by atoms with Crippen LogP contribution in [0, 0.1) is 0 Å². The molecule has 1 aliphatic heterocycles. The van der Waals surface area contributed by atoms with E-state index in [1.807, 2.05) is 0 Å². The number of nitrogens with zero attached hydrogens (tertiary/aromatic N) is 1. The lowest BCUT2D eigenvalue weighted by atomic mass is 10.2. The number of halogens is 2. The summed E-state index contributed by atoms with van der Waals surface area (Å²) in [5.41, 5.74) is 0. The Labute approximate surface area is 88.4 Å². The predicted octanol–water partition coefficient (Wildman–Crippen LogP) is 1.32. The average Bonchev–Trinajstić information content (AvgIpc) is 2.60. The van der Waals surface area contributed by atoms with Crippen molar-refractivity contribution in [2.45, 2.75) is 31.6 Å². The van der Waals surface area contributed by atoms with Crippen molar-refractivity contribution in [3.63, 3.8) is 0 Å². The SMILES string of the molecule is COC(=O)CCC(F)CN1CC[C@@H](F)C1. The van der Waals surface area contributed by atoms with Gasteiger partial charge in [0.15, 0.2) is 0 Å². The van der Waals surface area contributed by atoms with Crippen molar-refractivity contribution in [2.24, 2.45) is 0 Å². The smallest absolute Gasteiger partial charge is 0.305 e.